The highest BCUT2D eigenvalue weighted by molar-refractivity contribution is 6.56. The fourth-order valence-electron chi connectivity index (χ4n) is 2.33. The minimum atomic E-state index is -2.25. The maximum absolute atomic E-state index is 11.9. The second-order valence-electron chi connectivity index (χ2n) is 4.02. The van der Waals surface area contributed by atoms with Gasteiger partial charge < -0.3 is 13.6 Å². The first kappa shape index (κ1) is 13.3. The van der Waals surface area contributed by atoms with E-state index in [1.165, 1.54) is 14.2 Å². The van der Waals surface area contributed by atoms with E-state index in [0.717, 1.165) is 6.42 Å². The van der Waals surface area contributed by atoms with Gasteiger partial charge in [0.05, 0.1) is 5.92 Å². The van der Waals surface area contributed by atoms with Crippen LogP contribution in [0.25, 0.3) is 0 Å². The van der Waals surface area contributed by atoms with Crippen LogP contribution in [0.2, 0.25) is 5.04 Å². The zero-order valence-corrected chi connectivity index (χ0v) is 11.3. The van der Waals surface area contributed by atoms with Crippen molar-refractivity contribution in [1.29, 1.82) is 0 Å². The van der Waals surface area contributed by atoms with E-state index in [9.17, 15) is 9.59 Å². The van der Waals surface area contributed by atoms with Crippen LogP contribution in [-0.4, -0.2) is 35.4 Å². The van der Waals surface area contributed by atoms with Gasteiger partial charge in [-0.3, -0.25) is 9.59 Å². The second kappa shape index (κ2) is 5.07. The second-order valence-corrected chi connectivity index (χ2v) is 6.66. The Morgan fingerprint density at radius 1 is 1.38 bits per heavy atom. The molecule has 0 amide bonds. The van der Waals surface area contributed by atoms with Gasteiger partial charge in [-0.2, -0.15) is 0 Å². The number of hydrogen-bond donors (Lipinski definition) is 0. The Bertz CT molecular complexity index is 289. The van der Waals surface area contributed by atoms with Crippen molar-refractivity contribution in [2.24, 2.45) is 5.92 Å². The molecular weight excluding hydrogens is 228 g/mol. The number of esters is 2. The van der Waals surface area contributed by atoms with Crippen LogP contribution in [0.15, 0.2) is 0 Å². The Kier molecular flexibility index (Phi) is 4.23. The van der Waals surface area contributed by atoms with Crippen molar-refractivity contribution in [2.75, 3.05) is 14.2 Å². The van der Waals surface area contributed by atoms with E-state index < -0.39 is 32.2 Å². The van der Waals surface area contributed by atoms with Gasteiger partial charge in [0.25, 0.3) is 0 Å². The summed E-state index contributed by atoms with van der Waals surface area (Å²) >= 11 is 0. The Morgan fingerprint density at radius 3 is 2.25 bits per heavy atom. The minimum absolute atomic E-state index is 0.468. The molecule has 5 nitrogen and oxygen atoms in total. The molecule has 0 aromatic rings. The van der Waals surface area contributed by atoms with Gasteiger partial charge in [-0.1, -0.05) is 20.3 Å². The van der Waals surface area contributed by atoms with Crippen LogP contribution in [0.4, 0.5) is 0 Å². The number of carbonyl (C=O) groups excluding carboxylic acids is 2. The van der Waals surface area contributed by atoms with Gasteiger partial charge >= 0.3 is 21.2 Å². The summed E-state index contributed by atoms with van der Waals surface area (Å²) in [5.41, 5.74) is 0. The average molecular weight is 246 g/mol. The van der Waals surface area contributed by atoms with E-state index in [1.807, 2.05) is 6.92 Å². The first-order valence-corrected chi connectivity index (χ1v) is 6.88. The van der Waals surface area contributed by atoms with Crippen molar-refractivity contribution in [2.45, 2.75) is 31.7 Å². The number of hydrogen-bond acceptors (Lipinski definition) is 5. The van der Waals surface area contributed by atoms with Crippen molar-refractivity contribution in [3.63, 3.8) is 0 Å². The molecular formula is C10H18O5Si. The molecule has 1 rings (SSSR count). The quantitative estimate of drug-likeness (QED) is 0.407. The van der Waals surface area contributed by atoms with Gasteiger partial charge in [0, 0.05) is 14.2 Å². The summed E-state index contributed by atoms with van der Waals surface area (Å²) in [6, 6.07) is 0. The monoisotopic (exact) mass is 246 g/mol. The van der Waals surface area contributed by atoms with Gasteiger partial charge in [-0.05, 0) is 6.42 Å². The Morgan fingerprint density at radius 2 is 1.94 bits per heavy atom. The SMILES string of the molecule is CCCC1([SiH](OC)OC)C(=O)OC(=O)C1C. The van der Waals surface area contributed by atoms with Gasteiger partial charge in [0.1, 0.15) is 5.04 Å². The zero-order valence-electron chi connectivity index (χ0n) is 10.1. The fourth-order valence-corrected chi connectivity index (χ4v) is 4.68. The van der Waals surface area contributed by atoms with E-state index in [2.05, 4.69) is 0 Å². The lowest BCUT2D eigenvalue weighted by Crippen LogP contribution is -2.44. The molecule has 1 heterocycles. The van der Waals surface area contributed by atoms with Crippen LogP contribution in [0.3, 0.4) is 0 Å². The zero-order chi connectivity index (χ0) is 12.3. The molecule has 0 bridgehead atoms. The highest BCUT2D eigenvalue weighted by Gasteiger charge is 2.61. The van der Waals surface area contributed by atoms with E-state index in [-0.39, 0.29) is 0 Å². The molecule has 0 saturated carbocycles. The summed E-state index contributed by atoms with van der Waals surface area (Å²) in [5, 5.41) is -0.866. The molecule has 0 radical (unpaired) electrons. The van der Waals surface area contributed by atoms with Crippen molar-refractivity contribution >= 4 is 21.2 Å². The largest absolute Gasteiger partial charge is 0.399 e. The van der Waals surface area contributed by atoms with E-state index in [0.29, 0.717) is 6.42 Å². The van der Waals surface area contributed by atoms with Gasteiger partial charge in [-0.15, -0.1) is 0 Å². The summed E-state index contributed by atoms with van der Waals surface area (Å²) in [4.78, 5) is 23.4. The molecule has 2 unspecified atom stereocenters. The maximum atomic E-state index is 11.9. The van der Waals surface area contributed by atoms with Crippen LogP contribution in [-0.2, 0) is 23.2 Å². The minimum Gasteiger partial charge on any atom is -0.399 e. The Hall–Kier alpha value is -0.723. The molecule has 2 atom stereocenters. The molecule has 1 aliphatic rings. The lowest BCUT2D eigenvalue weighted by Gasteiger charge is -2.31. The van der Waals surface area contributed by atoms with Crippen LogP contribution >= 0.6 is 0 Å². The summed E-state index contributed by atoms with van der Waals surface area (Å²) in [7, 11) is 0.781. The van der Waals surface area contributed by atoms with E-state index >= 15 is 0 Å². The summed E-state index contributed by atoms with van der Waals surface area (Å²) < 4.78 is 15.3. The Balaban J connectivity index is 3.13. The normalized spacial score (nSPS) is 29.9. The molecule has 6 heteroatoms. The first-order valence-electron chi connectivity index (χ1n) is 5.36. The highest BCUT2D eigenvalue weighted by atomic mass is 28.3. The molecule has 0 aliphatic carbocycles. The van der Waals surface area contributed by atoms with Crippen LogP contribution in [0, 0.1) is 5.92 Å². The number of carbonyl (C=O) groups is 2. The molecule has 16 heavy (non-hydrogen) atoms. The molecule has 92 valence electrons. The van der Waals surface area contributed by atoms with Crippen molar-refractivity contribution in [3.05, 3.63) is 0 Å². The van der Waals surface area contributed by atoms with Crippen molar-refractivity contribution in [3.8, 4) is 0 Å². The van der Waals surface area contributed by atoms with Crippen LogP contribution < -0.4 is 0 Å². The molecule has 0 spiro atoms. The predicted molar refractivity (Wildman–Crippen MR) is 59.0 cm³/mol. The summed E-state index contributed by atoms with van der Waals surface area (Å²) in [5.74, 6) is -1.42. The first-order chi connectivity index (χ1) is 7.54. The summed E-state index contributed by atoms with van der Waals surface area (Å²) in [6.07, 6.45) is 1.35. The molecule has 1 saturated heterocycles. The van der Waals surface area contributed by atoms with E-state index in [4.69, 9.17) is 13.6 Å². The lowest BCUT2D eigenvalue weighted by atomic mass is 9.91. The number of rotatable bonds is 5. The maximum Gasteiger partial charge on any atom is 0.339 e. The van der Waals surface area contributed by atoms with Gasteiger partial charge in [0.2, 0.25) is 0 Å². The van der Waals surface area contributed by atoms with Gasteiger partial charge in [0.15, 0.2) is 0 Å². The third-order valence-corrected chi connectivity index (χ3v) is 5.93. The van der Waals surface area contributed by atoms with Crippen molar-refractivity contribution < 1.29 is 23.2 Å². The number of ether oxygens (including phenoxy) is 1. The average Bonchev–Trinajstić information content (AvgIpc) is 2.46. The van der Waals surface area contributed by atoms with Gasteiger partial charge in [-0.25, -0.2) is 0 Å². The van der Waals surface area contributed by atoms with Crippen molar-refractivity contribution in [1.82, 2.24) is 0 Å². The molecule has 1 fully saturated rings. The molecule has 0 N–H and O–H groups in total. The predicted octanol–water partition coefficient (Wildman–Crippen LogP) is 0.760. The molecule has 0 aromatic carbocycles. The lowest BCUT2D eigenvalue weighted by molar-refractivity contribution is -0.153. The highest BCUT2D eigenvalue weighted by Crippen LogP contribution is 2.50. The summed E-state index contributed by atoms with van der Waals surface area (Å²) in [6.45, 7) is 3.67. The van der Waals surface area contributed by atoms with Crippen LogP contribution in [0.5, 0.6) is 0 Å². The third-order valence-electron chi connectivity index (χ3n) is 3.21. The molecule has 0 aromatic heterocycles. The Labute approximate surface area is 96.9 Å². The standard InChI is InChI=1S/C10H18O5Si/c1-5-6-10(16(13-3)14-4)7(2)8(11)15-9(10)12/h7,16H,5-6H2,1-4H3. The van der Waals surface area contributed by atoms with E-state index in [1.54, 1.807) is 6.92 Å². The smallest absolute Gasteiger partial charge is 0.339 e. The fraction of sp³-hybridized carbons (Fsp3) is 0.800. The third kappa shape index (κ3) is 1.81. The van der Waals surface area contributed by atoms with Crippen LogP contribution in [0.1, 0.15) is 26.7 Å². The molecule has 1 aliphatic heterocycles. The topological polar surface area (TPSA) is 61.8 Å². The number of cyclic esters (lactones) is 2.